The fourth-order valence-electron chi connectivity index (χ4n) is 3.70. The number of anilines is 2. The molecule has 1 amide bonds. The summed E-state index contributed by atoms with van der Waals surface area (Å²) in [4.78, 5) is 25.6. The van der Waals surface area contributed by atoms with E-state index in [2.05, 4.69) is 20.0 Å². The molecular weight excluding hydrogens is 340 g/mol. The van der Waals surface area contributed by atoms with Crippen LogP contribution in [-0.4, -0.2) is 38.7 Å². The predicted molar refractivity (Wildman–Crippen MR) is 102 cm³/mol. The number of pyridine rings is 2. The maximum atomic E-state index is 12.8. The zero-order valence-corrected chi connectivity index (χ0v) is 15.2. The molecule has 0 aromatic carbocycles. The first-order valence-electron chi connectivity index (χ1n) is 9.23. The predicted octanol–water partition coefficient (Wildman–Crippen LogP) is 2.73. The Labute approximate surface area is 157 Å². The number of nitrogens with zero attached hydrogens (tertiary/aromatic N) is 6. The molecule has 136 valence electrons. The van der Waals surface area contributed by atoms with Gasteiger partial charge in [0.2, 0.25) is 0 Å². The van der Waals surface area contributed by atoms with E-state index in [1.54, 1.807) is 22.0 Å². The Morgan fingerprint density at radius 3 is 2.59 bits per heavy atom. The van der Waals surface area contributed by atoms with Crippen molar-refractivity contribution in [3.05, 3.63) is 59.7 Å². The highest BCUT2D eigenvalue weighted by Crippen LogP contribution is 2.27. The molecule has 7 heteroatoms. The molecule has 2 aliphatic rings. The normalized spacial score (nSPS) is 16.3. The summed E-state index contributed by atoms with van der Waals surface area (Å²) in [5, 5.41) is 4.61. The minimum Gasteiger partial charge on any atom is -0.357 e. The van der Waals surface area contributed by atoms with Crippen molar-refractivity contribution < 1.29 is 4.79 Å². The monoisotopic (exact) mass is 360 g/mol. The second-order valence-corrected chi connectivity index (χ2v) is 7.09. The topological polar surface area (TPSA) is 67.2 Å². The van der Waals surface area contributed by atoms with E-state index in [1.165, 1.54) is 12.8 Å². The second kappa shape index (κ2) is 6.19. The standard InChI is InChI=1S/C20H20N6O/c1-14-6-7-21-19(10-14)25-13-17-16(20(25)27)12-26(23-17)15-4-5-18(22-11-15)24-8-2-3-9-24/h4-7,10-12H,2-3,8-9,13H2,1H3. The zero-order chi connectivity index (χ0) is 18.4. The van der Waals surface area contributed by atoms with Gasteiger partial charge in [0.25, 0.3) is 5.91 Å². The number of carbonyl (C=O) groups excluding carboxylic acids is 1. The Morgan fingerprint density at radius 1 is 1.04 bits per heavy atom. The Balaban J connectivity index is 1.39. The first-order chi connectivity index (χ1) is 13.2. The third-order valence-corrected chi connectivity index (χ3v) is 5.18. The molecule has 1 fully saturated rings. The number of fused-ring (bicyclic) bond motifs is 1. The molecule has 27 heavy (non-hydrogen) atoms. The molecule has 0 bridgehead atoms. The van der Waals surface area contributed by atoms with Crippen LogP contribution in [0, 0.1) is 6.92 Å². The van der Waals surface area contributed by atoms with E-state index in [0.717, 1.165) is 35.9 Å². The molecule has 0 unspecified atom stereocenters. The van der Waals surface area contributed by atoms with E-state index in [4.69, 9.17) is 0 Å². The SMILES string of the molecule is Cc1ccnc(N2Cc3nn(-c4ccc(N5CCCC5)nc4)cc3C2=O)c1. The lowest BCUT2D eigenvalue weighted by atomic mass is 10.3. The lowest BCUT2D eigenvalue weighted by Gasteiger charge is -2.16. The highest BCUT2D eigenvalue weighted by Gasteiger charge is 2.32. The van der Waals surface area contributed by atoms with Gasteiger partial charge in [0.05, 0.1) is 29.7 Å². The Hall–Kier alpha value is -3.22. The van der Waals surface area contributed by atoms with Gasteiger partial charge in [0.15, 0.2) is 0 Å². The quantitative estimate of drug-likeness (QED) is 0.718. The first kappa shape index (κ1) is 16.0. The molecule has 0 aliphatic carbocycles. The summed E-state index contributed by atoms with van der Waals surface area (Å²) in [6.07, 6.45) is 7.79. The summed E-state index contributed by atoms with van der Waals surface area (Å²) in [5.74, 6) is 1.61. The Morgan fingerprint density at radius 2 is 1.89 bits per heavy atom. The van der Waals surface area contributed by atoms with Crippen LogP contribution in [0.25, 0.3) is 5.69 Å². The van der Waals surface area contributed by atoms with Crippen LogP contribution in [0.15, 0.2) is 42.9 Å². The van der Waals surface area contributed by atoms with Crippen molar-refractivity contribution >= 4 is 17.5 Å². The fraction of sp³-hybridized carbons (Fsp3) is 0.300. The molecule has 0 radical (unpaired) electrons. The molecule has 3 aromatic heterocycles. The Bertz CT molecular complexity index is 1000. The molecule has 7 nitrogen and oxygen atoms in total. The molecule has 0 atom stereocenters. The van der Waals surface area contributed by atoms with E-state index in [1.807, 2.05) is 37.4 Å². The number of rotatable bonds is 3. The Kier molecular flexibility index (Phi) is 3.67. The molecule has 0 N–H and O–H groups in total. The summed E-state index contributed by atoms with van der Waals surface area (Å²) >= 11 is 0. The van der Waals surface area contributed by atoms with E-state index in [0.29, 0.717) is 17.9 Å². The molecule has 2 aliphatic heterocycles. The molecule has 0 spiro atoms. The molecule has 5 rings (SSSR count). The van der Waals surface area contributed by atoms with Crippen molar-refractivity contribution in [2.75, 3.05) is 22.9 Å². The van der Waals surface area contributed by atoms with Crippen LogP contribution in [0.2, 0.25) is 0 Å². The van der Waals surface area contributed by atoms with E-state index < -0.39 is 0 Å². The van der Waals surface area contributed by atoms with Gasteiger partial charge in [-0.3, -0.25) is 9.69 Å². The minimum absolute atomic E-state index is 0.0593. The zero-order valence-electron chi connectivity index (χ0n) is 15.2. The number of aryl methyl sites for hydroxylation is 1. The van der Waals surface area contributed by atoms with Crippen LogP contribution in [0.5, 0.6) is 0 Å². The average Bonchev–Trinajstić information content (AvgIpc) is 3.40. The van der Waals surface area contributed by atoms with Crippen molar-refractivity contribution in [3.63, 3.8) is 0 Å². The summed E-state index contributed by atoms with van der Waals surface area (Å²) < 4.78 is 1.74. The van der Waals surface area contributed by atoms with Crippen LogP contribution in [0.1, 0.15) is 34.5 Å². The van der Waals surface area contributed by atoms with Crippen LogP contribution in [0.3, 0.4) is 0 Å². The summed E-state index contributed by atoms with van der Waals surface area (Å²) in [6, 6.07) is 7.87. The number of hydrogen-bond donors (Lipinski definition) is 0. The smallest absolute Gasteiger partial charge is 0.263 e. The summed E-state index contributed by atoms with van der Waals surface area (Å²) in [5.41, 5.74) is 3.33. The number of carbonyl (C=O) groups is 1. The van der Waals surface area contributed by atoms with Crippen LogP contribution >= 0.6 is 0 Å². The van der Waals surface area contributed by atoms with Crippen molar-refractivity contribution in [2.24, 2.45) is 0 Å². The molecule has 1 saturated heterocycles. The second-order valence-electron chi connectivity index (χ2n) is 7.09. The van der Waals surface area contributed by atoms with Gasteiger partial charge in [0, 0.05) is 25.5 Å². The van der Waals surface area contributed by atoms with Crippen molar-refractivity contribution in [2.45, 2.75) is 26.3 Å². The van der Waals surface area contributed by atoms with E-state index in [9.17, 15) is 4.79 Å². The fourth-order valence-corrected chi connectivity index (χ4v) is 3.70. The van der Waals surface area contributed by atoms with E-state index in [-0.39, 0.29) is 5.91 Å². The lowest BCUT2D eigenvalue weighted by Crippen LogP contribution is -2.24. The summed E-state index contributed by atoms with van der Waals surface area (Å²) in [6.45, 7) is 4.57. The minimum atomic E-state index is -0.0593. The summed E-state index contributed by atoms with van der Waals surface area (Å²) in [7, 11) is 0. The van der Waals surface area contributed by atoms with Gasteiger partial charge in [-0.05, 0) is 49.6 Å². The van der Waals surface area contributed by atoms with Gasteiger partial charge < -0.3 is 4.90 Å². The van der Waals surface area contributed by atoms with Gasteiger partial charge in [0.1, 0.15) is 11.6 Å². The van der Waals surface area contributed by atoms with Gasteiger partial charge in [-0.1, -0.05) is 0 Å². The third kappa shape index (κ3) is 2.75. The maximum absolute atomic E-state index is 12.8. The van der Waals surface area contributed by atoms with Gasteiger partial charge in [-0.2, -0.15) is 5.10 Å². The molecule has 0 saturated carbocycles. The van der Waals surface area contributed by atoms with Crippen LogP contribution < -0.4 is 9.80 Å². The molecule has 3 aromatic rings. The number of hydrogen-bond acceptors (Lipinski definition) is 5. The van der Waals surface area contributed by atoms with Crippen molar-refractivity contribution in [1.29, 1.82) is 0 Å². The first-order valence-corrected chi connectivity index (χ1v) is 9.23. The average molecular weight is 360 g/mol. The number of amides is 1. The van der Waals surface area contributed by atoms with Gasteiger partial charge in [-0.25, -0.2) is 14.6 Å². The van der Waals surface area contributed by atoms with Gasteiger partial charge >= 0.3 is 0 Å². The van der Waals surface area contributed by atoms with E-state index >= 15 is 0 Å². The number of aromatic nitrogens is 4. The van der Waals surface area contributed by atoms with Gasteiger partial charge in [-0.15, -0.1) is 0 Å². The van der Waals surface area contributed by atoms with Crippen molar-refractivity contribution in [3.8, 4) is 5.69 Å². The van der Waals surface area contributed by atoms with Crippen LogP contribution in [-0.2, 0) is 6.54 Å². The van der Waals surface area contributed by atoms with Crippen molar-refractivity contribution in [1.82, 2.24) is 19.7 Å². The molecule has 5 heterocycles. The van der Waals surface area contributed by atoms with Crippen LogP contribution in [0.4, 0.5) is 11.6 Å². The molecular formula is C20H20N6O. The largest absolute Gasteiger partial charge is 0.357 e. The highest BCUT2D eigenvalue weighted by atomic mass is 16.2. The third-order valence-electron chi connectivity index (χ3n) is 5.18. The lowest BCUT2D eigenvalue weighted by molar-refractivity contribution is 0.0995. The maximum Gasteiger partial charge on any atom is 0.263 e. The highest BCUT2D eigenvalue weighted by molar-refractivity contribution is 6.09.